The molecular weight excluding hydrogens is 504 g/mol. The summed E-state index contributed by atoms with van der Waals surface area (Å²) in [7, 11) is 0. The Morgan fingerprint density at radius 1 is 0.900 bits per heavy atom. The van der Waals surface area contributed by atoms with E-state index in [9.17, 15) is 19.8 Å². The molecule has 0 fully saturated rings. The monoisotopic (exact) mass is 544 g/mol. The lowest BCUT2D eigenvalue weighted by Crippen LogP contribution is -2.48. The predicted octanol–water partition coefficient (Wildman–Crippen LogP) is 4.51. The maximum absolute atomic E-state index is 13.7. The van der Waals surface area contributed by atoms with Crippen LogP contribution in [0, 0.1) is 5.92 Å². The fourth-order valence-electron chi connectivity index (χ4n) is 5.27. The van der Waals surface area contributed by atoms with Gasteiger partial charge < -0.3 is 25.6 Å². The third kappa shape index (κ3) is 8.16. The van der Waals surface area contributed by atoms with Gasteiger partial charge in [-0.25, -0.2) is 4.79 Å². The third-order valence-corrected chi connectivity index (χ3v) is 7.19. The molecule has 4 N–H and O–H groups in total. The Labute approximate surface area is 236 Å². The number of carbonyl (C=O) groups is 2. The van der Waals surface area contributed by atoms with Gasteiger partial charge >= 0.3 is 6.09 Å². The molecule has 212 valence electrons. The first-order valence-corrected chi connectivity index (χ1v) is 13.9. The summed E-state index contributed by atoms with van der Waals surface area (Å²) in [6.07, 6.45) is -1.02. The Hall–Kier alpha value is -3.68. The lowest BCUT2D eigenvalue weighted by Gasteiger charge is -2.29. The second-order valence-corrected chi connectivity index (χ2v) is 11.6. The van der Waals surface area contributed by atoms with Crippen molar-refractivity contribution >= 4 is 12.0 Å². The molecule has 3 aromatic rings. The SMILES string of the molecule is CC(C)(C)OC(=O)N[C@H](Cc1ccccc1)[C@@H](O)C[C@@H](Cc1ccccc1)C(=O)N[C@H]1c2ccccc2C[C@H]1O. The second kappa shape index (κ2) is 13.1. The minimum atomic E-state index is -1.03. The van der Waals surface area contributed by atoms with E-state index >= 15 is 0 Å². The number of alkyl carbamates (subject to hydrolysis) is 1. The number of benzene rings is 3. The Kier molecular flexibility index (Phi) is 9.61. The largest absolute Gasteiger partial charge is 0.444 e. The molecule has 2 amide bonds. The van der Waals surface area contributed by atoms with Crippen LogP contribution in [-0.2, 0) is 28.8 Å². The molecule has 7 nitrogen and oxygen atoms in total. The van der Waals surface area contributed by atoms with Gasteiger partial charge in [0.1, 0.15) is 5.60 Å². The highest BCUT2D eigenvalue weighted by Gasteiger charge is 2.35. The molecule has 0 saturated carbocycles. The van der Waals surface area contributed by atoms with Crippen molar-refractivity contribution in [2.45, 2.75) is 76.3 Å². The van der Waals surface area contributed by atoms with Crippen LogP contribution in [0.4, 0.5) is 4.79 Å². The molecule has 0 aromatic heterocycles. The van der Waals surface area contributed by atoms with E-state index in [2.05, 4.69) is 10.6 Å². The number of nitrogens with one attached hydrogen (secondary N) is 2. The molecule has 0 spiro atoms. The molecule has 4 rings (SSSR count). The zero-order chi connectivity index (χ0) is 28.7. The maximum atomic E-state index is 13.7. The average Bonchev–Trinajstić information content (AvgIpc) is 3.22. The fraction of sp³-hybridized carbons (Fsp3) is 0.394. The van der Waals surface area contributed by atoms with Gasteiger partial charge in [0.15, 0.2) is 0 Å². The predicted molar refractivity (Wildman–Crippen MR) is 155 cm³/mol. The summed E-state index contributed by atoms with van der Waals surface area (Å²) in [5.74, 6) is -0.851. The zero-order valence-electron chi connectivity index (χ0n) is 23.4. The summed E-state index contributed by atoms with van der Waals surface area (Å²) in [4.78, 5) is 26.4. The normalized spacial score (nSPS) is 18.7. The van der Waals surface area contributed by atoms with Gasteiger partial charge in [-0.3, -0.25) is 4.79 Å². The van der Waals surface area contributed by atoms with Crippen LogP contribution in [-0.4, -0.2) is 46.1 Å². The number of aliphatic hydroxyl groups is 2. The summed E-state index contributed by atoms with van der Waals surface area (Å²) >= 11 is 0. The van der Waals surface area contributed by atoms with E-state index in [0.717, 1.165) is 22.3 Å². The highest BCUT2D eigenvalue weighted by Crippen LogP contribution is 2.32. The van der Waals surface area contributed by atoms with Gasteiger partial charge in [0, 0.05) is 12.3 Å². The number of hydrogen-bond acceptors (Lipinski definition) is 5. The van der Waals surface area contributed by atoms with Gasteiger partial charge in [0.2, 0.25) is 5.91 Å². The van der Waals surface area contributed by atoms with E-state index in [0.29, 0.717) is 19.3 Å². The molecule has 40 heavy (non-hydrogen) atoms. The zero-order valence-corrected chi connectivity index (χ0v) is 23.4. The van der Waals surface area contributed by atoms with Crippen LogP contribution < -0.4 is 10.6 Å². The third-order valence-electron chi connectivity index (χ3n) is 7.19. The van der Waals surface area contributed by atoms with Gasteiger partial charge in [-0.1, -0.05) is 84.9 Å². The molecule has 0 unspecified atom stereocenters. The number of carbonyl (C=O) groups excluding carboxylic acids is 2. The van der Waals surface area contributed by atoms with Crippen molar-refractivity contribution in [2.24, 2.45) is 5.92 Å². The van der Waals surface area contributed by atoms with E-state index in [4.69, 9.17) is 4.74 Å². The highest BCUT2D eigenvalue weighted by molar-refractivity contribution is 5.80. The van der Waals surface area contributed by atoms with Crippen molar-refractivity contribution in [3.05, 3.63) is 107 Å². The summed E-state index contributed by atoms with van der Waals surface area (Å²) < 4.78 is 5.47. The summed E-state index contributed by atoms with van der Waals surface area (Å²) in [6, 6.07) is 25.8. The summed E-state index contributed by atoms with van der Waals surface area (Å²) in [5, 5.41) is 28.1. The molecular formula is C33H40N2O5. The smallest absolute Gasteiger partial charge is 0.407 e. The second-order valence-electron chi connectivity index (χ2n) is 11.6. The Balaban J connectivity index is 1.54. The van der Waals surface area contributed by atoms with Crippen molar-refractivity contribution in [3.8, 4) is 0 Å². The van der Waals surface area contributed by atoms with Crippen LogP contribution in [0.1, 0.15) is 55.5 Å². The van der Waals surface area contributed by atoms with E-state index in [1.807, 2.05) is 84.9 Å². The van der Waals surface area contributed by atoms with E-state index in [1.165, 1.54) is 0 Å². The summed E-state index contributed by atoms with van der Waals surface area (Å²) in [6.45, 7) is 5.35. The van der Waals surface area contributed by atoms with Crippen LogP contribution >= 0.6 is 0 Å². The van der Waals surface area contributed by atoms with Gasteiger partial charge in [-0.2, -0.15) is 0 Å². The van der Waals surface area contributed by atoms with Crippen molar-refractivity contribution in [2.75, 3.05) is 0 Å². The van der Waals surface area contributed by atoms with E-state index in [-0.39, 0.29) is 12.3 Å². The highest BCUT2D eigenvalue weighted by atomic mass is 16.6. The molecule has 7 heteroatoms. The van der Waals surface area contributed by atoms with Crippen LogP contribution in [0.15, 0.2) is 84.9 Å². The van der Waals surface area contributed by atoms with Gasteiger partial charge in [-0.15, -0.1) is 0 Å². The molecule has 3 aromatic carbocycles. The topological polar surface area (TPSA) is 108 Å². The minimum Gasteiger partial charge on any atom is -0.444 e. The molecule has 0 heterocycles. The van der Waals surface area contributed by atoms with Gasteiger partial charge in [0.05, 0.1) is 24.3 Å². The van der Waals surface area contributed by atoms with Crippen molar-refractivity contribution in [1.29, 1.82) is 0 Å². The fourth-order valence-corrected chi connectivity index (χ4v) is 5.27. The Morgan fingerprint density at radius 3 is 2.10 bits per heavy atom. The maximum Gasteiger partial charge on any atom is 0.407 e. The number of amides is 2. The van der Waals surface area contributed by atoms with E-state index < -0.39 is 41.9 Å². The first-order valence-electron chi connectivity index (χ1n) is 13.9. The Morgan fingerprint density at radius 2 is 1.48 bits per heavy atom. The van der Waals surface area contributed by atoms with Crippen LogP contribution in [0.2, 0.25) is 0 Å². The molecule has 0 bridgehead atoms. The minimum absolute atomic E-state index is 0.110. The molecule has 0 saturated heterocycles. The number of rotatable bonds is 10. The quantitative estimate of drug-likeness (QED) is 0.301. The first-order chi connectivity index (χ1) is 19.1. The number of fused-ring (bicyclic) bond motifs is 1. The molecule has 0 radical (unpaired) electrons. The number of ether oxygens (including phenoxy) is 1. The summed E-state index contributed by atoms with van der Waals surface area (Å²) in [5.41, 5.74) is 3.14. The molecule has 1 aliphatic rings. The van der Waals surface area contributed by atoms with Gasteiger partial charge in [0.25, 0.3) is 0 Å². The molecule has 5 atom stereocenters. The molecule has 0 aliphatic heterocycles. The van der Waals surface area contributed by atoms with Gasteiger partial charge in [-0.05, 0) is 62.3 Å². The lowest BCUT2D eigenvalue weighted by atomic mass is 9.88. The van der Waals surface area contributed by atoms with Crippen LogP contribution in [0.5, 0.6) is 0 Å². The first kappa shape index (κ1) is 29.3. The molecule has 1 aliphatic carbocycles. The van der Waals surface area contributed by atoms with Crippen molar-refractivity contribution in [3.63, 3.8) is 0 Å². The van der Waals surface area contributed by atoms with Crippen LogP contribution in [0.25, 0.3) is 0 Å². The van der Waals surface area contributed by atoms with E-state index in [1.54, 1.807) is 20.8 Å². The lowest BCUT2D eigenvalue weighted by molar-refractivity contribution is -0.127. The number of aliphatic hydroxyl groups excluding tert-OH is 2. The van der Waals surface area contributed by atoms with Crippen molar-refractivity contribution in [1.82, 2.24) is 10.6 Å². The van der Waals surface area contributed by atoms with Crippen molar-refractivity contribution < 1.29 is 24.5 Å². The standard InChI is InChI=1S/C33H40N2O5/c1-33(2,3)40-32(39)34-27(19-23-14-8-5-9-15-23)28(36)21-25(18-22-12-6-4-7-13-22)31(38)35-30-26-17-11-10-16-24(26)20-29(30)37/h4-17,25,27-30,36-37H,18-21H2,1-3H3,(H,34,39)(H,35,38)/t25-,27-,28+,29-,30+/m1/s1. The average molecular weight is 545 g/mol. The Bertz CT molecular complexity index is 1260. The van der Waals surface area contributed by atoms with Crippen LogP contribution in [0.3, 0.4) is 0 Å². The number of hydrogen-bond donors (Lipinski definition) is 4.